The second kappa shape index (κ2) is 3.28. The summed E-state index contributed by atoms with van der Waals surface area (Å²) in [6.45, 7) is 0. The Morgan fingerprint density at radius 3 is 2.36 bits per heavy atom. The Hall–Kier alpha value is -1.60. The van der Waals surface area contributed by atoms with Crippen LogP contribution in [0.3, 0.4) is 0 Å². The van der Waals surface area contributed by atoms with Gasteiger partial charge in [-0.1, -0.05) is 0 Å². The number of rotatable bonds is 1. The van der Waals surface area contributed by atoms with Crippen molar-refractivity contribution >= 4 is 0 Å². The molecule has 0 spiro atoms. The molecule has 14 heavy (non-hydrogen) atoms. The Balaban J connectivity index is 3.13. The van der Waals surface area contributed by atoms with Crippen LogP contribution >= 0.6 is 0 Å². The highest BCUT2D eigenvalue weighted by Crippen LogP contribution is 2.34. The normalized spacial score (nSPS) is 11.5. The smallest absolute Gasteiger partial charge is 0.501 e. The van der Waals surface area contributed by atoms with E-state index in [0.29, 0.717) is 0 Å². The molecule has 8 heteroatoms. The highest BCUT2D eigenvalue weighted by Gasteiger charge is 2.34. The average molecular weight is 215 g/mol. The Morgan fingerprint density at radius 1 is 1.29 bits per heavy atom. The molecule has 0 bridgehead atoms. The summed E-state index contributed by atoms with van der Waals surface area (Å²) in [7, 11) is 0. The first-order valence-electron chi connectivity index (χ1n) is 3.10. The quantitative estimate of drug-likeness (QED) is 0.575. The molecule has 0 saturated heterocycles. The molecule has 0 aliphatic carbocycles. The van der Waals surface area contributed by atoms with Crippen LogP contribution in [0.15, 0.2) is 6.20 Å². The molecule has 1 aromatic heterocycles. The number of halogens is 5. The Morgan fingerprint density at radius 2 is 1.86 bits per heavy atom. The summed E-state index contributed by atoms with van der Waals surface area (Å²) in [4.78, 5) is 2.63. The van der Waals surface area contributed by atoms with E-state index in [1.807, 2.05) is 0 Å². The van der Waals surface area contributed by atoms with E-state index in [0.717, 1.165) is 0 Å². The van der Waals surface area contributed by atoms with Crippen LogP contribution in [0.25, 0.3) is 0 Å². The number of ether oxygens (including phenoxy) is 1. The minimum atomic E-state index is -5.22. The highest BCUT2D eigenvalue weighted by molar-refractivity contribution is 5.37. The van der Waals surface area contributed by atoms with Gasteiger partial charge in [0.15, 0.2) is 5.82 Å². The van der Waals surface area contributed by atoms with E-state index in [1.165, 1.54) is 0 Å². The van der Waals surface area contributed by atoms with Gasteiger partial charge in [-0.2, -0.15) is 4.39 Å². The standard InChI is InChI=1S/C6H2F5NO2/c7-2-1-12-5(8)3(13)4(2)14-6(9,10)11/h1,13H. The van der Waals surface area contributed by atoms with Crippen LogP contribution in [-0.2, 0) is 0 Å². The van der Waals surface area contributed by atoms with Crippen LogP contribution in [-0.4, -0.2) is 16.5 Å². The first kappa shape index (κ1) is 10.5. The van der Waals surface area contributed by atoms with Gasteiger partial charge in [-0.05, 0) is 0 Å². The molecule has 0 amide bonds. The summed E-state index contributed by atoms with van der Waals surface area (Å²) < 4.78 is 62.7. The van der Waals surface area contributed by atoms with E-state index in [9.17, 15) is 22.0 Å². The summed E-state index contributed by atoms with van der Waals surface area (Å²) in [6, 6.07) is 0. The van der Waals surface area contributed by atoms with E-state index < -0.39 is 29.6 Å². The lowest BCUT2D eigenvalue weighted by molar-refractivity contribution is -0.276. The van der Waals surface area contributed by atoms with Gasteiger partial charge in [-0.15, -0.1) is 13.2 Å². The maximum atomic E-state index is 12.5. The zero-order valence-electron chi connectivity index (χ0n) is 6.27. The lowest BCUT2D eigenvalue weighted by Crippen LogP contribution is -2.18. The summed E-state index contributed by atoms with van der Waals surface area (Å²) in [5, 5.41) is 8.64. The number of aromatic hydroxyl groups is 1. The fraction of sp³-hybridized carbons (Fsp3) is 0.167. The molecule has 1 heterocycles. The zero-order valence-corrected chi connectivity index (χ0v) is 6.27. The van der Waals surface area contributed by atoms with Crippen LogP contribution in [0.4, 0.5) is 22.0 Å². The van der Waals surface area contributed by atoms with Gasteiger partial charge in [0, 0.05) is 0 Å². The molecule has 0 fully saturated rings. The molecule has 3 nitrogen and oxygen atoms in total. The molecule has 78 valence electrons. The lowest BCUT2D eigenvalue weighted by atomic mass is 10.4. The number of alkyl halides is 3. The molecule has 0 aliphatic heterocycles. The molecule has 0 radical (unpaired) electrons. The van der Waals surface area contributed by atoms with Gasteiger partial charge in [0.2, 0.25) is 11.5 Å². The van der Waals surface area contributed by atoms with E-state index in [-0.39, 0.29) is 6.20 Å². The van der Waals surface area contributed by atoms with Crippen molar-refractivity contribution in [2.24, 2.45) is 0 Å². The van der Waals surface area contributed by atoms with Crippen molar-refractivity contribution in [3.8, 4) is 11.5 Å². The van der Waals surface area contributed by atoms with Crippen molar-refractivity contribution in [1.29, 1.82) is 0 Å². The van der Waals surface area contributed by atoms with Crippen LogP contribution < -0.4 is 4.74 Å². The third-order valence-corrected chi connectivity index (χ3v) is 1.14. The van der Waals surface area contributed by atoms with Crippen LogP contribution in [0.2, 0.25) is 0 Å². The third kappa shape index (κ3) is 2.21. The maximum absolute atomic E-state index is 12.5. The Labute approximate surface area is 73.8 Å². The fourth-order valence-electron chi connectivity index (χ4n) is 0.653. The third-order valence-electron chi connectivity index (χ3n) is 1.14. The van der Waals surface area contributed by atoms with E-state index in [2.05, 4.69) is 9.72 Å². The van der Waals surface area contributed by atoms with Gasteiger partial charge in [0.1, 0.15) is 0 Å². The second-order valence-corrected chi connectivity index (χ2v) is 2.12. The molecule has 1 N–H and O–H groups in total. The van der Waals surface area contributed by atoms with Gasteiger partial charge in [0.25, 0.3) is 5.95 Å². The summed E-state index contributed by atoms with van der Waals surface area (Å²) in [5.41, 5.74) is 0. The molecule has 0 saturated carbocycles. The number of hydrogen-bond donors (Lipinski definition) is 1. The van der Waals surface area contributed by atoms with Gasteiger partial charge in [-0.3, -0.25) is 0 Å². The van der Waals surface area contributed by atoms with E-state index >= 15 is 0 Å². The van der Waals surface area contributed by atoms with Crippen LogP contribution in [0.1, 0.15) is 0 Å². The second-order valence-electron chi connectivity index (χ2n) is 2.12. The number of pyridine rings is 1. The first-order chi connectivity index (χ1) is 6.31. The number of aromatic nitrogens is 1. The van der Waals surface area contributed by atoms with Gasteiger partial charge in [-0.25, -0.2) is 9.37 Å². The molecule has 0 atom stereocenters. The van der Waals surface area contributed by atoms with Gasteiger partial charge in [0.05, 0.1) is 6.20 Å². The molecule has 0 aliphatic rings. The molecule has 0 unspecified atom stereocenters. The fourth-order valence-corrected chi connectivity index (χ4v) is 0.653. The van der Waals surface area contributed by atoms with Crippen LogP contribution in [0, 0.1) is 11.8 Å². The summed E-state index contributed by atoms with van der Waals surface area (Å²) >= 11 is 0. The van der Waals surface area contributed by atoms with Crippen molar-refractivity contribution in [3.05, 3.63) is 18.0 Å². The Kier molecular flexibility index (Phi) is 2.45. The van der Waals surface area contributed by atoms with E-state index in [4.69, 9.17) is 5.11 Å². The zero-order chi connectivity index (χ0) is 10.9. The van der Waals surface area contributed by atoms with Gasteiger partial charge < -0.3 is 9.84 Å². The minimum Gasteiger partial charge on any atom is -0.501 e. The predicted octanol–water partition coefficient (Wildman–Crippen LogP) is 1.96. The largest absolute Gasteiger partial charge is 0.573 e. The molecule has 0 aromatic carbocycles. The summed E-state index contributed by atoms with van der Waals surface area (Å²) in [6.07, 6.45) is -5.05. The van der Waals surface area contributed by atoms with Crippen molar-refractivity contribution in [2.45, 2.75) is 6.36 Å². The van der Waals surface area contributed by atoms with Gasteiger partial charge >= 0.3 is 6.36 Å². The van der Waals surface area contributed by atoms with Crippen LogP contribution in [0.5, 0.6) is 11.5 Å². The molecular formula is C6H2F5NO2. The average Bonchev–Trinajstić information content (AvgIpc) is 2.04. The molecule has 1 rings (SSSR count). The van der Waals surface area contributed by atoms with Crippen molar-refractivity contribution in [3.63, 3.8) is 0 Å². The number of hydrogen-bond acceptors (Lipinski definition) is 3. The highest BCUT2D eigenvalue weighted by atomic mass is 19.4. The lowest BCUT2D eigenvalue weighted by Gasteiger charge is -2.10. The molecular weight excluding hydrogens is 213 g/mol. The minimum absolute atomic E-state index is 0.163. The first-order valence-corrected chi connectivity index (χ1v) is 3.10. The predicted molar refractivity (Wildman–Crippen MR) is 32.5 cm³/mol. The SMILES string of the molecule is Oc1c(F)ncc(F)c1OC(F)(F)F. The Bertz CT molecular complexity index is 351. The van der Waals surface area contributed by atoms with E-state index in [1.54, 1.807) is 0 Å². The van der Waals surface area contributed by atoms with Crippen molar-refractivity contribution in [1.82, 2.24) is 4.98 Å². The molecule has 1 aromatic rings. The van der Waals surface area contributed by atoms with Crippen molar-refractivity contribution in [2.75, 3.05) is 0 Å². The topological polar surface area (TPSA) is 42.4 Å². The monoisotopic (exact) mass is 215 g/mol. The van der Waals surface area contributed by atoms with Crippen molar-refractivity contribution < 1.29 is 31.8 Å². The number of nitrogens with zero attached hydrogens (tertiary/aromatic N) is 1. The summed E-state index contributed by atoms with van der Waals surface area (Å²) in [5.74, 6) is -6.51. The maximum Gasteiger partial charge on any atom is 0.573 e.